The molecule has 1 N–H and O–H groups in total. The Kier molecular flexibility index (Phi) is 3.44. The summed E-state index contributed by atoms with van der Waals surface area (Å²) >= 11 is 0. The molecule has 0 aliphatic heterocycles. The second-order valence-corrected chi connectivity index (χ2v) is 4.95. The van der Waals surface area contributed by atoms with Gasteiger partial charge < -0.3 is 9.73 Å². The van der Waals surface area contributed by atoms with Crippen molar-refractivity contribution < 1.29 is 8.81 Å². The Bertz CT molecular complexity index is 838. The van der Waals surface area contributed by atoms with Gasteiger partial charge in [-0.1, -0.05) is 12.1 Å². The summed E-state index contributed by atoms with van der Waals surface area (Å²) in [5.74, 6) is -0.276. The lowest BCUT2D eigenvalue weighted by atomic mass is 10.1. The summed E-state index contributed by atoms with van der Waals surface area (Å²) < 4.78 is 18.1. The van der Waals surface area contributed by atoms with Gasteiger partial charge in [-0.3, -0.25) is 0 Å². The third-order valence-corrected chi connectivity index (χ3v) is 3.31. The molecule has 0 saturated heterocycles. The van der Waals surface area contributed by atoms with Gasteiger partial charge in [0.25, 0.3) is 0 Å². The van der Waals surface area contributed by atoms with E-state index in [4.69, 9.17) is 4.42 Å². The van der Waals surface area contributed by atoms with Gasteiger partial charge in [-0.05, 0) is 48.4 Å². The second-order valence-electron chi connectivity index (χ2n) is 4.95. The van der Waals surface area contributed by atoms with Crippen LogP contribution in [0.25, 0.3) is 11.0 Å². The summed E-state index contributed by atoms with van der Waals surface area (Å²) in [6.45, 7) is 2.42. The van der Waals surface area contributed by atoms with Crippen molar-refractivity contribution in [3.8, 4) is 0 Å². The van der Waals surface area contributed by atoms with Crippen LogP contribution in [0.4, 0.5) is 10.1 Å². The zero-order valence-electron chi connectivity index (χ0n) is 11.5. The lowest BCUT2D eigenvalue weighted by molar-refractivity contribution is 0.559. The number of halogens is 1. The molecular formula is C17H14FNO2. The van der Waals surface area contributed by atoms with Gasteiger partial charge in [0.05, 0.1) is 0 Å². The van der Waals surface area contributed by atoms with Crippen molar-refractivity contribution in [3.63, 3.8) is 0 Å². The standard InChI is InChI=1S/C17H14FNO2/c1-11-2-7-15-12(9-17(20)21-16(15)8-11)10-19-14-5-3-13(18)4-6-14/h2-9,19H,10H2,1H3. The number of hydrogen-bond donors (Lipinski definition) is 1. The van der Waals surface area contributed by atoms with Gasteiger partial charge in [0, 0.05) is 23.7 Å². The molecule has 0 atom stereocenters. The van der Waals surface area contributed by atoms with Gasteiger partial charge in [0.1, 0.15) is 11.4 Å². The molecule has 3 nitrogen and oxygen atoms in total. The Morgan fingerprint density at radius 3 is 2.62 bits per heavy atom. The maximum atomic E-state index is 12.9. The average Bonchev–Trinajstić information content (AvgIpc) is 2.45. The third-order valence-electron chi connectivity index (χ3n) is 3.31. The first-order valence-electron chi connectivity index (χ1n) is 6.65. The maximum Gasteiger partial charge on any atom is 0.336 e. The molecule has 4 heteroatoms. The first-order chi connectivity index (χ1) is 10.1. The van der Waals surface area contributed by atoms with Crippen LogP contribution in [0.15, 0.2) is 57.7 Å². The Labute approximate surface area is 121 Å². The monoisotopic (exact) mass is 283 g/mol. The molecule has 1 aromatic heterocycles. The lowest BCUT2D eigenvalue weighted by Crippen LogP contribution is -2.05. The zero-order valence-corrected chi connectivity index (χ0v) is 11.5. The highest BCUT2D eigenvalue weighted by atomic mass is 19.1. The molecular weight excluding hydrogens is 269 g/mol. The van der Waals surface area contributed by atoms with E-state index in [1.807, 2.05) is 25.1 Å². The van der Waals surface area contributed by atoms with Crippen LogP contribution < -0.4 is 10.9 Å². The predicted octanol–water partition coefficient (Wildman–Crippen LogP) is 3.85. The maximum absolute atomic E-state index is 12.9. The van der Waals surface area contributed by atoms with Crippen LogP contribution in [-0.2, 0) is 6.54 Å². The van der Waals surface area contributed by atoms with E-state index in [2.05, 4.69) is 5.32 Å². The first kappa shape index (κ1) is 13.4. The molecule has 0 saturated carbocycles. The highest BCUT2D eigenvalue weighted by molar-refractivity contribution is 5.81. The van der Waals surface area contributed by atoms with E-state index in [1.165, 1.54) is 18.2 Å². The van der Waals surface area contributed by atoms with Crippen LogP contribution in [0.5, 0.6) is 0 Å². The van der Waals surface area contributed by atoms with Crippen LogP contribution in [0, 0.1) is 12.7 Å². The minimum Gasteiger partial charge on any atom is -0.423 e. The summed E-state index contributed by atoms with van der Waals surface area (Å²) in [4.78, 5) is 11.6. The van der Waals surface area contributed by atoms with E-state index in [0.717, 1.165) is 22.2 Å². The van der Waals surface area contributed by atoms with Crippen molar-refractivity contribution in [1.29, 1.82) is 0 Å². The van der Waals surface area contributed by atoms with E-state index in [9.17, 15) is 9.18 Å². The molecule has 3 aromatic rings. The van der Waals surface area contributed by atoms with Gasteiger partial charge in [-0.2, -0.15) is 0 Å². The van der Waals surface area contributed by atoms with Crippen molar-refractivity contribution >= 4 is 16.7 Å². The molecule has 0 aliphatic rings. The van der Waals surface area contributed by atoms with E-state index < -0.39 is 0 Å². The fourth-order valence-corrected chi connectivity index (χ4v) is 2.25. The second kappa shape index (κ2) is 5.40. The van der Waals surface area contributed by atoms with Gasteiger partial charge in [0.15, 0.2) is 0 Å². The largest absolute Gasteiger partial charge is 0.423 e. The van der Waals surface area contributed by atoms with Crippen LogP contribution in [0.2, 0.25) is 0 Å². The van der Waals surface area contributed by atoms with E-state index in [-0.39, 0.29) is 11.4 Å². The fourth-order valence-electron chi connectivity index (χ4n) is 2.25. The van der Waals surface area contributed by atoms with Crippen LogP contribution in [-0.4, -0.2) is 0 Å². The zero-order chi connectivity index (χ0) is 14.8. The molecule has 0 aliphatic carbocycles. The van der Waals surface area contributed by atoms with Gasteiger partial charge >= 0.3 is 5.63 Å². The molecule has 0 radical (unpaired) electrons. The van der Waals surface area contributed by atoms with Gasteiger partial charge in [-0.25, -0.2) is 9.18 Å². The molecule has 21 heavy (non-hydrogen) atoms. The van der Waals surface area contributed by atoms with Crippen LogP contribution in [0.1, 0.15) is 11.1 Å². The molecule has 0 bridgehead atoms. The normalized spacial score (nSPS) is 10.8. The number of aryl methyl sites for hydroxylation is 1. The molecule has 1 heterocycles. The summed E-state index contributed by atoms with van der Waals surface area (Å²) in [5.41, 5.74) is 2.90. The highest BCUT2D eigenvalue weighted by Crippen LogP contribution is 2.19. The van der Waals surface area contributed by atoms with Crippen molar-refractivity contribution in [1.82, 2.24) is 0 Å². The Balaban J connectivity index is 1.93. The van der Waals surface area contributed by atoms with Crippen LogP contribution >= 0.6 is 0 Å². The molecule has 3 rings (SSSR count). The summed E-state index contributed by atoms with van der Waals surface area (Å²) in [6, 6.07) is 13.3. The van der Waals surface area contributed by atoms with E-state index in [0.29, 0.717) is 12.1 Å². The Morgan fingerprint density at radius 1 is 1.10 bits per heavy atom. The molecule has 0 spiro atoms. The van der Waals surface area contributed by atoms with Crippen molar-refractivity contribution in [3.05, 3.63) is 75.9 Å². The smallest absolute Gasteiger partial charge is 0.336 e. The Morgan fingerprint density at radius 2 is 1.86 bits per heavy atom. The number of hydrogen-bond acceptors (Lipinski definition) is 3. The summed E-state index contributed by atoms with van der Waals surface area (Å²) in [5, 5.41) is 4.07. The molecule has 0 fully saturated rings. The first-order valence-corrected chi connectivity index (χ1v) is 6.65. The number of benzene rings is 2. The third kappa shape index (κ3) is 2.94. The van der Waals surface area contributed by atoms with Crippen molar-refractivity contribution in [2.24, 2.45) is 0 Å². The van der Waals surface area contributed by atoms with Crippen molar-refractivity contribution in [2.45, 2.75) is 13.5 Å². The number of nitrogens with one attached hydrogen (secondary N) is 1. The average molecular weight is 283 g/mol. The fraction of sp³-hybridized carbons (Fsp3) is 0.118. The highest BCUT2D eigenvalue weighted by Gasteiger charge is 2.06. The number of rotatable bonds is 3. The minimum absolute atomic E-state index is 0.276. The molecule has 2 aromatic carbocycles. The quantitative estimate of drug-likeness (QED) is 0.742. The van der Waals surface area contributed by atoms with Gasteiger partial charge in [-0.15, -0.1) is 0 Å². The Hall–Kier alpha value is -2.62. The SMILES string of the molecule is Cc1ccc2c(CNc3ccc(F)cc3)cc(=O)oc2c1. The summed E-state index contributed by atoms with van der Waals surface area (Å²) in [7, 11) is 0. The predicted molar refractivity (Wildman–Crippen MR) is 80.9 cm³/mol. The topological polar surface area (TPSA) is 42.2 Å². The van der Waals surface area contributed by atoms with E-state index >= 15 is 0 Å². The number of fused-ring (bicyclic) bond motifs is 1. The van der Waals surface area contributed by atoms with E-state index in [1.54, 1.807) is 12.1 Å². The number of anilines is 1. The molecule has 106 valence electrons. The van der Waals surface area contributed by atoms with Crippen LogP contribution in [0.3, 0.4) is 0 Å². The van der Waals surface area contributed by atoms with Gasteiger partial charge in [0.2, 0.25) is 0 Å². The summed E-state index contributed by atoms with van der Waals surface area (Å²) in [6.07, 6.45) is 0. The minimum atomic E-state index is -0.371. The lowest BCUT2D eigenvalue weighted by Gasteiger charge is -2.09. The molecule has 0 amide bonds. The molecule has 0 unspecified atom stereocenters. The van der Waals surface area contributed by atoms with Crippen molar-refractivity contribution in [2.75, 3.05) is 5.32 Å².